The fourth-order valence-electron chi connectivity index (χ4n) is 1.73. The number of rotatable bonds is 6. The van der Waals surface area contributed by atoms with E-state index in [1.807, 2.05) is 18.2 Å². The van der Waals surface area contributed by atoms with Crippen molar-refractivity contribution in [2.45, 2.75) is 11.4 Å². The maximum atomic E-state index is 9.66. The Morgan fingerprint density at radius 2 is 1.65 bits per heavy atom. The Bertz CT molecular complexity index is 561. The number of hydrogen-bond donors (Lipinski definition) is 4. The smallest absolute Gasteiger partial charge is 0.200 e. The minimum Gasteiger partial charge on any atom is -0.504 e. The van der Waals surface area contributed by atoms with Crippen molar-refractivity contribution in [3.63, 3.8) is 0 Å². The summed E-state index contributed by atoms with van der Waals surface area (Å²) in [6, 6.07) is 13.1. The van der Waals surface area contributed by atoms with E-state index in [9.17, 15) is 15.3 Å². The van der Waals surface area contributed by atoms with E-state index in [2.05, 4.69) is 17.4 Å². The van der Waals surface area contributed by atoms with Gasteiger partial charge in [-0.15, -0.1) is 11.8 Å². The second-order valence-electron chi connectivity index (χ2n) is 4.28. The molecule has 0 amide bonds. The number of aromatic hydroxyl groups is 3. The Morgan fingerprint density at radius 3 is 2.40 bits per heavy atom. The predicted octanol–water partition coefficient (Wildman–Crippen LogP) is 2.69. The van der Waals surface area contributed by atoms with Crippen LogP contribution in [-0.4, -0.2) is 27.6 Å². The number of phenols is 3. The SMILES string of the molecule is Oc1ccc(CNCCSc2ccccc2)c(O)c1O. The lowest BCUT2D eigenvalue weighted by Crippen LogP contribution is -2.16. The van der Waals surface area contributed by atoms with Crippen molar-refractivity contribution in [3.05, 3.63) is 48.0 Å². The van der Waals surface area contributed by atoms with E-state index in [0.717, 1.165) is 12.3 Å². The molecule has 0 aliphatic heterocycles. The van der Waals surface area contributed by atoms with Gasteiger partial charge in [0.15, 0.2) is 11.5 Å². The molecule has 0 unspecified atom stereocenters. The molecular weight excluding hydrogens is 274 g/mol. The van der Waals surface area contributed by atoms with Crippen molar-refractivity contribution in [2.75, 3.05) is 12.3 Å². The Balaban J connectivity index is 1.75. The topological polar surface area (TPSA) is 72.7 Å². The van der Waals surface area contributed by atoms with Crippen LogP contribution in [0.25, 0.3) is 0 Å². The van der Waals surface area contributed by atoms with Gasteiger partial charge in [0.05, 0.1) is 0 Å². The van der Waals surface area contributed by atoms with E-state index in [-0.39, 0.29) is 11.5 Å². The highest BCUT2D eigenvalue weighted by Gasteiger charge is 2.10. The second kappa shape index (κ2) is 7.07. The largest absolute Gasteiger partial charge is 0.504 e. The van der Waals surface area contributed by atoms with Gasteiger partial charge in [0.25, 0.3) is 0 Å². The molecule has 4 nitrogen and oxygen atoms in total. The van der Waals surface area contributed by atoms with Crippen molar-refractivity contribution < 1.29 is 15.3 Å². The van der Waals surface area contributed by atoms with Crippen LogP contribution in [0, 0.1) is 0 Å². The first-order valence-electron chi connectivity index (χ1n) is 6.30. The number of nitrogens with one attached hydrogen (secondary N) is 1. The van der Waals surface area contributed by atoms with E-state index >= 15 is 0 Å². The Labute approximate surface area is 122 Å². The molecule has 0 saturated heterocycles. The van der Waals surface area contributed by atoms with Gasteiger partial charge in [-0.05, 0) is 18.2 Å². The average molecular weight is 291 g/mol. The van der Waals surface area contributed by atoms with Crippen LogP contribution in [0.2, 0.25) is 0 Å². The number of benzene rings is 2. The summed E-state index contributed by atoms with van der Waals surface area (Å²) in [6.45, 7) is 1.22. The minimum absolute atomic E-state index is 0.270. The lowest BCUT2D eigenvalue weighted by atomic mass is 10.1. The number of phenolic OH excluding ortho intramolecular Hbond substituents is 3. The molecule has 2 rings (SSSR count). The quantitative estimate of drug-likeness (QED) is 0.374. The highest BCUT2D eigenvalue weighted by molar-refractivity contribution is 7.99. The molecule has 2 aromatic carbocycles. The third-order valence-corrected chi connectivity index (χ3v) is 3.83. The van der Waals surface area contributed by atoms with Gasteiger partial charge in [-0.2, -0.15) is 0 Å². The lowest BCUT2D eigenvalue weighted by Gasteiger charge is -2.09. The van der Waals surface area contributed by atoms with Gasteiger partial charge in [-0.1, -0.05) is 24.3 Å². The van der Waals surface area contributed by atoms with E-state index < -0.39 is 5.75 Å². The van der Waals surface area contributed by atoms with E-state index in [4.69, 9.17) is 0 Å². The Morgan fingerprint density at radius 1 is 0.900 bits per heavy atom. The van der Waals surface area contributed by atoms with Crippen molar-refractivity contribution in [2.24, 2.45) is 0 Å². The molecule has 4 N–H and O–H groups in total. The highest BCUT2D eigenvalue weighted by atomic mass is 32.2. The van der Waals surface area contributed by atoms with Crippen molar-refractivity contribution in [1.29, 1.82) is 0 Å². The molecule has 2 aromatic rings. The number of hydrogen-bond acceptors (Lipinski definition) is 5. The van der Waals surface area contributed by atoms with E-state index in [1.54, 1.807) is 17.8 Å². The van der Waals surface area contributed by atoms with Gasteiger partial charge in [0, 0.05) is 29.3 Å². The summed E-state index contributed by atoms with van der Waals surface area (Å²) in [6.07, 6.45) is 0. The van der Waals surface area contributed by atoms with Crippen molar-refractivity contribution in [3.8, 4) is 17.2 Å². The Kier molecular flexibility index (Phi) is 5.15. The van der Waals surface area contributed by atoms with Crippen LogP contribution in [0.4, 0.5) is 0 Å². The fourth-order valence-corrected chi connectivity index (χ4v) is 2.57. The zero-order valence-corrected chi connectivity index (χ0v) is 11.7. The molecular formula is C15H17NO3S. The second-order valence-corrected chi connectivity index (χ2v) is 5.45. The van der Waals surface area contributed by atoms with Crippen LogP contribution in [0.1, 0.15) is 5.56 Å². The maximum Gasteiger partial charge on any atom is 0.200 e. The van der Waals surface area contributed by atoms with Gasteiger partial charge >= 0.3 is 0 Å². The molecule has 5 heteroatoms. The molecule has 0 spiro atoms. The van der Waals surface area contributed by atoms with Crippen molar-refractivity contribution in [1.82, 2.24) is 5.32 Å². The van der Waals surface area contributed by atoms with Crippen molar-refractivity contribution >= 4 is 11.8 Å². The van der Waals surface area contributed by atoms with Crippen LogP contribution in [-0.2, 0) is 6.54 Å². The zero-order chi connectivity index (χ0) is 14.4. The first-order valence-corrected chi connectivity index (χ1v) is 7.28. The van der Waals surface area contributed by atoms with Gasteiger partial charge in [0.2, 0.25) is 5.75 Å². The molecule has 0 saturated carbocycles. The normalized spacial score (nSPS) is 10.6. The predicted molar refractivity (Wildman–Crippen MR) is 80.3 cm³/mol. The van der Waals surface area contributed by atoms with Crippen LogP contribution < -0.4 is 5.32 Å². The molecule has 0 atom stereocenters. The summed E-state index contributed by atoms with van der Waals surface area (Å²) in [5, 5.41) is 31.5. The van der Waals surface area contributed by atoms with Gasteiger partial charge < -0.3 is 20.6 Å². The standard InChI is InChI=1S/C15H17NO3S/c17-13-7-6-11(14(18)15(13)19)10-16-8-9-20-12-4-2-1-3-5-12/h1-7,16-19H,8-10H2. The van der Waals surface area contributed by atoms with Gasteiger partial charge in [-0.25, -0.2) is 0 Å². The molecule has 0 radical (unpaired) electrons. The molecule has 20 heavy (non-hydrogen) atoms. The van der Waals surface area contributed by atoms with Crippen LogP contribution in [0.5, 0.6) is 17.2 Å². The highest BCUT2D eigenvalue weighted by Crippen LogP contribution is 2.36. The molecule has 0 aliphatic carbocycles. The summed E-state index contributed by atoms with van der Waals surface area (Å²) >= 11 is 1.75. The molecule has 0 bridgehead atoms. The molecule has 106 valence electrons. The lowest BCUT2D eigenvalue weighted by molar-refractivity contribution is 0.364. The molecule has 0 heterocycles. The summed E-state index contributed by atoms with van der Waals surface area (Å²) in [4.78, 5) is 1.22. The first-order chi connectivity index (χ1) is 9.68. The van der Waals surface area contributed by atoms with Gasteiger partial charge in [-0.3, -0.25) is 0 Å². The summed E-state index contributed by atoms with van der Waals surface area (Å²) in [7, 11) is 0. The minimum atomic E-state index is -0.469. The summed E-state index contributed by atoms with van der Waals surface area (Å²) in [5.41, 5.74) is 0.560. The molecule has 0 fully saturated rings. The molecule has 0 aromatic heterocycles. The fraction of sp³-hybridized carbons (Fsp3) is 0.200. The monoisotopic (exact) mass is 291 g/mol. The summed E-state index contributed by atoms with van der Waals surface area (Å²) < 4.78 is 0. The average Bonchev–Trinajstić information content (AvgIpc) is 2.48. The Hall–Kier alpha value is -1.85. The van der Waals surface area contributed by atoms with Crippen LogP contribution >= 0.6 is 11.8 Å². The van der Waals surface area contributed by atoms with E-state index in [1.165, 1.54) is 11.0 Å². The third-order valence-electron chi connectivity index (χ3n) is 2.82. The first kappa shape index (κ1) is 14.6. The van der Waals surface area contributed by atoms with Crippen LogP contribution in [0.3, 0.4) is 0 Å². The van der Waals surface area contributed by atoms with Gasteiger partial charge in [0.1, 0.15) is 0 Å². The maximum absolute atomic E-state index is 9.66. The summed E-state index contributed by atoms with van der Waals surface area (Å²) in [5.74, 6) is -0.142. The van der Waals surface area contributed by atoms with E-state index in [0.29, 0.717) is 12.1 Å². The van der Waals surface area contributed by atoms with Crippen LogP contribution in [0.15, 0.2) is 47.4 Å². The number of thioether (sulfide) groups is 1. The zero-order valence-electron chi connectivity index (χ0n) is 10.9. The molecule has 0 aliphatic rings. The third kappa shape index (κ3) is 3.82.